The van der Waals surface area contributed by atoms with Crippen molar-refractivity contribution in [3.8, 4) is 5.69 Å². The largest absolute Gasteiger partial charge is 0.461 e. The van der Waals surface area contributed by atoms with E-state index in [-0.39, 0.29) is 41.5 Å². The summed E-state index contributed by atoms with van der Waals surface area (Å²) in [6, 6.07) is 13.4. The van der Waals surface area contributed by atoms with E-state index in [0.29, 0.717) is 18.9 Å². The zero-order valence-electron chi connectivity index (χ0n) is 20.3. The van der Waals surface area contributed by atoms with Gasteiger partial charge in [-0.3, -0.25) is 9.59 Å². The molecule has 0 spiro atoms. The summed E-state index contributed by atoms with van der Waals surface area (Å²) in [5.41, 5.74) is 0.604. The summed E-state index contributed by atoms with van der Waals surface area (Å²) in [6.07, 6.45) is 0. The average Bonchev–Trinajstić information content (AvgIpc) is 2.90. The third kappa shape index (κ3) is 5.77. The molecule has 0 unspecified atom stereocenters. The number of aromatic nitrogens is 2. The summed E-state index contributed by atoms with van der Waals surface area (Å²) in [5.74, 6) is -1.47. The number of hydrogen-bond acceptors (Lipinski definition) is 8. The summed E-state index contributed by atoms with van der Waals surface area (Å²) in [7, 11) is -3.72. The molecule has 0 radical (unpaired) electrons. The van der Waals surface area contributed by atoms with Crippen LogP contribution in [0.1, 0.15) is 33.3 Å². The Balaban J connectivity index is 1.61. The zero-order valence-corrected chi connectivity index (χ0v) is 21.2. The summed E-state index contributed by atoms with van der Waals surface area (Å²) >= 11 is 0. The fourth-order valence-corrected chi connectivity index (χ4v) is 5.09. The van der Waals surface area contributed by atoms with Gasteiger partial charge in [-0.05, 0) is 50.2 Å². The van der Waals surface area contributed by atoms with Crippen molar-refractivity contribution >= 4 is 27.6 Å². The van der Waals surface area contributed by atoms with Gasteiger partial charge in [-0.15, -0.1) is 0 Å². The number of hydrogen-bond donors (Lipinski definition) is 1. The standard InChI is InChI=1S/C25H26N4O7S/c1-3-36-25(32)23-21(16-22(30)29(27-23)19-8-4-17(2)5-9-19)26-24(31)18-6-10-20(11-7-18)37(33,34)28-12-14-35-15-13-28/h4-11,16H,3,12-15H2,1-2H3,(H,26,31). The molecule has 1 aromatic heterocycles. The van der Waals surface area contributed by atoms with Crippen LogP contribution in [-0.4, -0.2) is 67.3 Å². The molecule has 2 heterocycles. The molecule has 1 amide bonds. The average molecular weight is 527 g/mol. The number of aryl methyl sites for hydroxylation is 1. The molecule has 11 nitrogen and oxygen atoms in total. The molecular weight excluding hydrogens is 500 g/mol. The highest BCUT2D eigenvalue weighted by Gasteiger charge is 2.27. The minimum atomic E-state index is -3.72. The summed E-state index contributed by atoms with van der Waals surface area (Å²) in [6.45, 7) is 4.73. The lowest BCUT2D eigenvalue weighted by molar-refractivity contribution is 0.0518. The first-order valence-electron chi connectivity index (χ1n) is 11.6. The number of sulfonamides is 1. The highest BCUT2D eigenvalue weighted by atomic mass is 32.2. The minimum Gasteiger partial charge on any atom is -0.461 e. The van der Waals surface area contributed by atoms with Gasteiger partial charge in [0.05, 0.1) is 36.1 Å². The molecule has 0 saturated carbocycles. The zero-order chi connectivity index (χ0) is 26.6. The van der Waals surface area contributed by atoms with Crippen molar-refractivity contribution in [1.29, 1.82) is 0 Å². The van der Waals surface area contributed by atoms with E-state index in [1.807, 2.05) is 6.92 Å². The number of anilines is 1. The number of carbonyl (C=O) groups excluding carboxylic acids is 2. The van der Waals surface area contributed by atoms with Crippen LogP contribution in [0.4, 0.5) is 5.69 Å². The molecule has 1 aliphatic rings. The molecule has 12 heteroatoms. The van der Waals surface area contributed by atoms with Crippen LogP contribution in [0.3, 0.4) is 0 Å². The number of benzene rings is 2. The van der Waals surface area contributed by atoms with Crippen LogP contribution in [0.15, 0.2) is 64.3 Å². The summed E-state index contributed by atoms with van der Waals surface area (Å²) < 4.78 is 38.3. The maximum absolute atomic E-state index is 12.9. The molecule has 4 rings (SSSR count). The van der Waals surface area contributed by atoms with Crippen LogP contribution in [0, 0.1) is 6.92 Å². The lowest BCUT2D eigenvalue weighted by atomic mass is 10.2. The number of carbonyl (C=O) groups is 2. The maximum atomic E-state index is 12.9. The van der Waals surface area contributed by atoms with Gasteiger partial charge in [-0.2, -0.15) is 14.1 Å². The first-order chi connectivity index (χ1) is 17.7. The van der Waals surface area contributed by atoms with Crippen molar-refractivity contribution in [2.75, 3.05) is 38.2 Å². The Hall–Kier alpha value is -3.87. The first-order valence-corrected chi connectivity index (χ1v) is 13.0. The van der Waals surface area contributed by atoms with Crippen LogP contribution >= 0.6 is 0 Å². The SMILES string of the molecule is CCOC(=O)c1nn(-c2ccc(C)cc2)c(=O)cc1NC(=O)c1ccc(S(=O)(=O)N2CCOCC2)cc1. The molecule has 0 bridgehead atoms. The van der Waals surface area contributed by atoms with E-state index in [1.165, 1.54) is 28.6 Å². The first kappa shape index (κ1) is 26.2. The molecular formula is C25H26N4O7S. The van der Waals surface area contributed by atoms with Gasteiger partial charge in [0.15, 0.2) is 5.69 Å². The number of amides is 1. The molecule has 0 aliphatic carbocycles. The predicted molar refractivity (Wildman–Crippen MR) is 135 cm³/mol. The van der Waals surface area contributed by atoms with Crippen LogP contribution in [0.25, 0.3) is 5.69 Å². The molecule has 1 aliphatic heterocycles. The molecule has 194 valence electrons. The van der Waals surface area contributed by atoms with Crippen LogP contribution in [0.5, 0.6) is 0 Å². The fourth-order valence-electron chi connectivity index (χ4n) is 3.68. The Morgan fingerprint density at radius 1 is 1.05 bits per heavy atom. The second-order valence-electron chi connectivity index (χ2n) is 8.21. The third-order valence-electron chi connectivity index (χ3n) is 5.65. The van der Waals surface area contributed by atoms with Crippen LogP contribution in [0.2, 0.25) is 0 Å². The van der Waals surface area contributed by atoms with E-state index < -0.39 is 27.5 Å². The van der Waals surface area contributed by atoms with Crippen molar-refractivity contribution in [3.63, 3.8) is 0 Å². The lowest BCUT2D eigenvalue weighted by Crippen LogP contribution is -2.40. The van der Waals surface area contributed by atoms with Gasteiger partial charge < -0.3 is 14.8 Å². The third-order valence-corrected chi connectivity index (χ3v) is 7.56. The molecule has 1 N–H and O–H groups in total. The second-order valence-corrected chi connectivity index (χ2v) is 10.1. The lowest BCUT2D eigenvalue weighted by Gasteiger charge is -2.26. The Morgan fingerprint density at radius 3 is 2.32 bits per heavy atom. The van der Waals surface area contributed by atoms with Gasteiger partial charge in [0.2, 0.25) is 10.0 Å². The second kappa shape index (κ2) is 11.0. The van der Waals surface area contributed by atoms with Gasteiger partial charge in [-0.25, -0.2) is 13.2 Å². The van der Waals surface area contributed by atoms with E-state index in [2.05, 4.69) is 10.4 Å². The molecule has 0 atom stereocenters. The van der Waals surface area contributed by atoms with Crippen molar-refractivity contribution in [2.45, 2.75) is 18.7 Å². The highest BCUT2D eigenvalue weighted by molar-refractivity contribution is 7.89. The number of esters is 1. The Bertz CT molecular complexity index is 1460. The summed E-state index contributed by atoms with van der Waals surface area (Å²) in [4.78, 5) is 38.4. The van der Waals surface area contributed by atoms with Gasteiger partial charge in [0, 0.05) is 24.7 Å². The minimum absolute atomic E-state index is 0.0422. The van der Waals surface area contributed by atoms with Gasteiger partial charge in [-0.1, -0.05) is 17.7 Å². The molecule has 1 saturated heterocycles. The van der Waals surface area contributed by atoms with Crippen LogP contribution in [-0.2, 0) is 19.5 Å². The smallest absolute Gasteiger partial charge is 0.360 e. The molecule has 3 aromatic rings. The van der Waals surface area contributed by atoms with Gasteiger partial charge >= 0.3 is 5.97 Å². The van der Waals surface area contributed by atoms with Gasteiger partial charge in [0.25, 0.3) is 11.5 Å². The Morgan fingerprint density at radius 2 is 1.70 bits per heavy atom. The summed E-state index contributed by atoms with van der Waals surface area (Å²) in [5, 5.41) is 6.68. The Kier molecular flexibility index (Phi) is 7.81. The Labute approximate surface area is 213 Å². The van der Waals surface area contributed by atoms with E-state index >= 15 is 0 Å². The topological polar surface area (TPSA) is 137 Å². The maximum Gasteiger partial charge on any atom is 0.360 e. The number of nitrogens with one attached hydrogen (secondary N) is 1. The quantitative estimate of drug-likeness (QED) is 0.462. The highest BCUT2D eigenvalue weighted by Crippen LogP contribution is 2.19. The van der Waals surface area contributed by atoms with E-state index in [9.17, 15) is 22.8 Å². The van der Waals surface area contributed by atoms with E-state index in [0.717, 1.165) is 16.3 Å². The number of morpholine rings is 1. The van der Waals surface area contributed by atoms with E-state index in [4.69, 9.17) is 9.47 Å². The molecule has 37 heavy (non-hydrogen) atoms. The number of nitrogens with zero attached hydrogens (tertiary/aromatic N) is 3. The molecule has 1 fully saturated rings. The van der Waals surface area contributed by atoms with Crippen LogP contribution < -0.4 is 10.9 Å². The number of ether oxygens (including phenoxy) is 2. The van der Waals surface area contributed by atoms with Crippen molar-refractivity contribution in [1.82, 2.24) is 14.1 Å². The van der Waals surface area contributed by atoms with Crippen molar-refractivity contribution < 1.29 is 27.5 Å². The normalized spacial score (nSPS) is 14.2. The molecule has 2 aromatic carbocycles. The van der Waals surface area contributed by atoms with Gasteiger partial charge in [0.1, 0.15) is 0 Å². The van der Waals surface area contributed by atoms with Crippen molar-refractivity contribution in [2.24, 2.45) is 0 Å². The monoisotopic (exact) mass is 526 g/mol. The predicted octanol–water partition coefficient (Wildman–Crippen LogP) is 1.99. The number of rotatable bonds is 7. The van der Waals surface area contributed by atoms with Crippen molar-refractivity contribution in [3.05, 3.63) is 81.8 Å². The fraction of sp³-hybridized carbons (Fsp3) is 0.280. The van der Waals surface area contributed by atoms with E-state index in [1.54, 1.807) is 31.2 Å².